The molecule has 0 aromatic heterocycles. The first kappa shape index (κ1) is 16.5. The molecule has 2 atom stereocenters. The number of carbonyl (C=O) groups excluding carboxylic acids is 2. The molecule has 0 saturated carbocycles. The van der Waals surface area contributed by atoms with Gasteiger partial charge in [0, 0.05) is 31.1 Å². The number of benzene rings is 1. The van der Waals surface area contributed by atoms with Crippen LogP contribution in [0.5, 0.6) is 0 Å². The molecular formula is C18H26N2O2. The van der Waals surface area contributed by atoms with Crippen LogP contribution >= 0.6 is 0 Å². The number of hydrogen-bond donors (Lipinski definition) is 1. The van der Waals surface area contributed by atoms with Crippen molar-refractivity contribution in [3.8, 4) is 0 Å². The summed E-state index contributed by atoms with van der Waals surface area (Å²) in [4.78, 5) is 25.7. The Labute approximate surface area is 132 Å². The molecule has 0 bridgehead atoms. The van der Waals surface area contributed by atoms with Gasteiger partial charge < -0.3 is 10.2 Å². The first-order chi connectivity index (χ1) is 10.5. The Hall–Kier alpha value is -1.84. The summed E-state index contributed by atoms with van der Waals surface area (Å²) in [6, 6.07) is 7.73. The molecule has 2 rings (SSSR count). The molecule has 4 heteroatoms. The number of rotatable bonds is 6. The summed E-state index contributed by atoms with van der Waals surface area (Å²) in [5, 5.41) is 3.04. The summed E-state index contributed by atoms with van der Waals surface area (Å²) in [7, 11) is 0. The average Bonchev–Trinajstić information content (AvgIpc) is 2.92. The van der Waals surface area contributed by atoms with Gasteiger partial charge in [-0.15, -0.1) is 0 Å². The largest absolute Gasteiger partial charge is 0.349 e. The minimum Gasteiger partial charge on any atom is -0.349 e. The Morgan fingerprint density at radius 2 is 1.95 bits per heavy atom. The van der Waals surface area contributed by atoms with E-state index in [1.807, 2.05) is 36.1 Å². The number of nitrogens with one attached hydrogen (secondary N) is 1. The molecule has 0 radical (unpaired) electrons. The van der Waals surface area contributed by atoms with Crippen LogP contribution in [0, 0.1) is 5.92 Å². The van der Waals surface area contributed by atoms with Gasteiger partial charge in [-0.2, -0.15) is 0 Å². The zero-order valence-electron chi connectivity index (χ0n) is 13.8. The predicted octanol–water partition coefficient (Wildman–Crippen LogP) is 2.97. The van der Waals surface area contributed by atoms with Crippen LogP contribution in [0.15, 0.2) is 24.3 Å². The van der Waals surface area contributed by atoms with E-state index in [1.54, 1.807) is 0 Å². The third-order valence-corrected chi connectivity index (χ3v) is 4.62. The van der Waals surface area contributed by atoms with Gasteiger partial charge >= 0.3 is 0 Å². The molecule has 1 fully saturated rings. The Morgan fingerprint density at radius 3 is 2.50 bits per heavy atom. The fourth-order valence-corrected chi connectivity index (χ4v) is 2.64. The second kappa shape index (κ2) is 7.43. The predicted molar refractivity (Wildman–Crippen MR) is 87.5 cm³/mol. The van der Waals surface area contributed by atoms with Crippen molar-refractivity contribution in [2.45, 2.75) is 52.6 Å². The molecule has 1 heterocycles. The quantitative estimate of drug-likeness (QED) is 0.878. The lowest BCUT2D eigenvalue weighted by molar-refractivity contribution is -0.128. The van der Waals surface area contributed by atoms with Crippen molar-refractivity contribution in [2.75, 3.05) is 6.54 Å². The molecule has 0 aliphatic carbocycles. The number of nitrogens with zero attached hydrogens (tertiary/aromatic N) is 1. The van der Waals surface area contributed by atoms with Gasteiger partial charge in [-0.05, 0) is 37.0 Å². The Kier molecular flexibility index (Phi) is 5.58. The van der Waals surface area contributed by atoms with E-state index in [0.717, 1.165) is 24.9 Å². The minimum absolute atomic E-state index is 0.0309. The van der Waals surface area contributed by atoms with E-state index >= 15 is 0 Å². The first-order valence-electron chi connectivity index (χ1n) is 8.18. The summed E-state index contributed by atoms with van der Waals surface area (Å²) in [5.41, 5.74) is 1.74. The molecule has 2 amide bonds. The molecule has 1 aromatic rings. The third kappa shape index (κ3) is 4.09. The Balaban J connectivity index is 1.93. The first-order valence-corrected chi connectivity index (χ1v) is 8.18. The number of amides is 2. The lowest BCUT2D eigenvalue weighted by Crippen LogP contribution is -2.36. The van der Waals surface area contributed by atoms with E-state index in [4.69, 9.17) is 0 Å². The lowest BCUT2D eigenvalue weighted by Gasteiger charge is -2.20. The monoisotopic (exact) mass is 302 g/mol. The number of likely N-dealkylation sites (tertiary alicyclic amines) is 1. The van der Waals surface area contributed by atoms with Crippen molar-refractivity contribution in [1.29, 1.82) is 0 Å². The standard InChI is InChI=1S/C18H26N2O2/c1-4-13(2)14(3)19-18(22)16-9-7-15(8-10-16)12-20-11-5-6-17(20)21/h7-10,13-14H,4-6,11-12H2,1-3H3,(H,19,22)/t13-,14+/m0/s1. The van der Waals surface area contributed by atoms with E-state index in [1.165, 1.54) is 0 Å². The molecule has 0 unspecified atom stereocenters. The van der Waals surface area contributed by atoms with Crippen LogP contribution in [0.1, 0.15) is 56.0 Å². The lowest BCUT2D eigenvalue weighted by atomic mass is 10.0. The van der Waals surface area contributed by atoms with Gasteiger partial charge in [0.15, 0.2) is 0 Å². The highest BCUT2D eigenvalue weighted by Crippen LogP contribution is 2.15. The van der Waals surface area contributed by atoms with Crippen LogP contribution in [0.4, 0.5) is 0 Å². The fourth-order valence-electron chi connectivity index (χ4n) is 2.64. The summed E-state index contributed by atoms with van der Waals surface area (Å²) in [6.07, 6.45) is 2.66. The highest BCUT2D eigenvalue weighted by molar-refractivity contribution is 5.94. The molecule has 1 aliphatic heterocycles. The van der Waals surface area contributed by atoms with Gasteiger partial charge in [0.1, 0.15) is 0 Å². The maximum Gasteiger partial charge on any atom is 0.251 e. The van der Waals surface area contributed by atoms with Gasteiger partial charge in [-0.25, -0.2) is 0 Å². The number of hydrogen-bond acceptors (Lipinski definition) is 2. The average molecular weight is 302 g/mol. The summed E-state index contributed by atoms with van der Waals surface area (Å²) < 4.78 is 0. The fraction of sp³-hybridized carbons (Fsp3) is 0.556. The molecule has 1 aromatic carbocycles. The van der Waals surface area contributed by atoms with Crippen LogP contribution in [0.25, 0.3) is 0 Å². The second-order valence-electron chi connectivity index (χ2n) is 6.26. The maximum atomic E-state index is 12.2. The van der Waals surface area contributed by atoms with Gasteiger partial charge in [-0.1, -0.05) is 32.4 Å². The maximum absolute atomic E-state index is 12.2. The number of carbonyl (C=O) groups is 2. The minimum atomic E-state index is -0.0309. The topological polar surface area (TPSA) is 49.4 Å². The Bertz CT molecular complexity index is 524. The highest BCUT2D eigenvalue weighted by Gasteiger charge is 2.20. The van der Waals surface area contributed by atoms with E-state index < -0.39 is 0 Å². The van der Waals surface area contributed by atoms with Crippen LogP contribution in [0.3, 0.4) is 0 Å². The molecule has 4 nitrogen and oxygen atoms in total. The van der Waals surface area contributed by atoms with Gasteiger partial charge in [0.05, 0.1) is 0 Å². The van der Waals surface area contributed by atoms with Gasteiger partial charge in [0.25, 0.3) is 5.91 Å². The van der Waals surface area contributed by atoms with Crippen LogP contribution in [-0.2, 0) is 11.3 Å². The van der Waals surface area contributed by atoms with Crippen molar-refractivity contribution in [3.05, 3.63) is 35.4 Å². The molecule has 1 saturated heterocycles. The molecule has 120 valence electrons. The normalized spacial score (nSPS) is 17.4. The summed E-state index contributed by atoms with van der Waals surface area (Å²) in [5.74, 6) is 0.658. The van der Waals surface area contributed by atoms with E-state index in [-0.39, 0.29) is 17.9 Å². The molecule has 0 spiro atoms. The van der Waals surface area contributed by atoms with Crippen LogP contribution < -0.4 is 5.32 Å². The molecule has 1 aliphatic rings. The van der Waals surface area contributed by atoms with Crippen LogP contribution in [0.2, 0.25) is 0 Å². The van der Waals surface area contributed by atoms with Crippen molar-refractivity contribution in [3.63, 3.8) is 0 Å². The van der Waals surface area contributed by atoms with Crippen LogP contribution in [-0.4, -0.2) is 29.3 Å². The van der Waals surface area contributed by atoms with Crippen molar-refractivity contribution in [2.24, 2.45) is 5.92 Å². The smallest absolute Gasteiger partial charge is 0.251 e. The van der Waals surface area contributed by atoms with Crippen molar-refractivity contribution in [1.82, 2.24) is 10.2 Å². The van der Waals surface area contributed by atoms with E-state index in [0.29, 0.717) is 24.4 Å². The van der Waals surface area contributed by atoms with E-state index in [2.05, 4.69) is 19.2 Å². The van der Waals surface area contributed by atoms with Crippen molar-refractivity contribution < 1.29 is 9.59 Å². The second-order valence-corrected chi connectivity index (χ2v) is 6.26. The zero-order valence-corrected chi connectivity index (χ0v) is 13.8. The van der Waals surface area contributed by atoms with Gasteiger partial charge in [0.2, 0.25) is 5.91 Å². The van der Waals surface area contributed by atoms with E-state index in [9.17, 15) is 9.59 Å². The van der Waals surface area contributed by atoms with Crippen molar-refractivity contribution >= 4 is 11.8 Å². The molecular weight excluding hydrogens is 276 g/mol. The molecule has 1 N–H and O–H groups in total. The zero-order chi connectivity index (χ0) is 16.1. The SMILES string of the molecule is CC[C@H](C)[C@@H](C)NC(=O)c1ccc(CN2CCCC2=O)cc1. The summed E-state index contributed by atoms with van der Waals surface area (Å²) >= 11 is 0. The van der Waals surface area contributed by atoms with Gasteiger partial charge in [-0.3, -0.25) is 9.59 Å². The summed E-state index contributed by atoms with van der Waals surface area (Å²) in [6.45, 7) is 7.79. The molecule has 22 heavy (non-hydrogen) atoms. The third-order valence-electron chi connectivity index (χ3n) is 4.62. The highest BCUT2D eigenvalue weighted by atomic mass is 16.2. The Morgan fingerprint density at radius 1 is 1.27 bits per heavy atom.